The van der Waals surface area contributed by atoms with E-state index in [-0.39, 0.29) is 11.7 Å². The first-order chi connectivity index (χ1) is 11.4. The summed E-state index contributed by atoms with van der Waals surface area (Å²) in [7, 11) is -1.50. The highest BCUT2D eigenvalue weighted by atomic mass is 32.2. The Morgan fingerprint density at radius 1 is 0.958 bits per heavy atom. The van der Waals surface area contributed by atoms with E-state index >= 15 is 0 Å². The summed E-state index contributed by atoms with van der Waals surface area (Å²) >= 11 is 0. The summed E-state index contributed by atoms with van der Waals surface area (Å²) in [4.78, 5) is 0. The zero-order valence-corrected chi connectivity index (χ0v) is 15.4. The molecule has 0 spiro atoms. The first kappa shape index (κ1) is 18.5. The Hall–Kier alpha value is -1.85. The molecule has 0 aliphatic heterocycles. The molecule has 4 nitrogen and oxygen atoms in total. The average molecular weight is 346 g/mol. The van der Waals surface area contributed by atoms with Crippen molar-refractivity contribution in [2.45, 2.75) is 26.1 Å². The van der Waals surface area contributed by atoms with Gasteiger partial charge in [0.25, 0.3) is 0 Å². The average Bonchev–Trinajstić information content (AvgIpc) is 2.55. The summed E-state index contributed by atoms with van der Waals surface area (Å²) in [6.45, 7) is 4.99. The number of nitrogens with one attached hydrogen (secondary N) is 1. The van der Waals surface area contributed by atoms with Gasteiger partial charge in [0.1, 0.15) is 0 Å². The number of hydrogen-bond acceptors (Lipinski definition) is 3. The van der Waals surface area contributed by atoms with Gasteiger partial charge in [-0.25, -0.2) is 8.42 Å². The normalized spacial score (nSPS) is 11.9. The summed E-state index contributed by atoms with van der Waals surface area (Å²) in [5.74, 6) is 0.307. The molecule has 2 aromatic carbocycles. The van der Waals surface area contributed by atoms with Crippen molar-refractivity contribution in [3.05, 3.63) is 65.7 Å². The fourth-order valence-corrected chi connectivity index (χ4v) is 4.21. The lowest BCUT2D eigenvalue weighted by molar-refractivity contribution is 0.361. The lowest BCUT2D eigenvalue weighted by Crippen LogP contribution is -2.34. The molecule has 0 heterocycles. The van der Waals surface area contributed by atoms with Crippen molar-refractivity contribution in [3.63, 3.8) is 0 Å². The van der Waals surface area contributed by atoms with Crippen LogP contribution in [0.1, 0.15) is 25.0 Å². The molecule has 0 saturated carbocycles. The second kappa shape index (κ2) is 8.31. The predicted molar refractivity (Wildman–Crippen MR) is 100 cm³/mol. The van der Waals surface area contributed by atoms with Crippen LogP contribution in [0.25, 0.3) is 0 Å². The number of hydrogen-bond donors (Lipinski definition) is 1. The van der Waals surface area contributed by atoms with Gasteiger partial charge < -0.3 is 5.32 Å². The van der Waals surface area contributed by atoms with Crippen LogP contribution in [-0.2, 0) is 22.3 Å². The van der Waals surface area contributed by atoms with Crippen molar-refractivity contribution in [1.29, 1.82) is 0 Å². The Bertz CT molecular complexity index is 726. The Morgan fingerprint density at radius 2 is 1.58 bits per heavy atom. The van der Waals surface area contributed by atoms with Crippen LogP contribution in [0.3, 0.4) is 0 Å². The SMILES string of the molecule is CNc1ccc(CN(CC(C)C)S(=O)(=O)Cc2ccccc2)cc1. The van der Waals surface area contributed by atoms with Crippen molar-refractivity contribution in [2.75, 3.05) is 18.9 Å². The van der Waals surface area contributed by atoms with Crippen molar-refractivity contribution in [2.24, 2.45) is 5.92 Å². The van der Waals surface area contributed by atoms with E-state index < -0.39 is 10.0 Å². The van der Waals surface area contributed by atoms with Gasteiger partial charge in [-0.1, -0.05) is 56.3 Å². The van der Waals surface area contributed by atoms with Crippen LogP contribution < -0.4 is 5.32 Å². The van der Waals surface area contributed by atoms with E-state index in [4.69, 9.17) is 0 Å². The highest BCUT2D eigenvalue weighted by Crippen LogP contribution is 2.18. The summed E-state index contributed by atoms with van der Waals surface area (Å²) < 4.78 is 27.3. The van der Waals surface area contributed by atoms with Gasteiger partial charge in [0.2, 0.25) is 10.0 Å². The van der Waals surface area contributed by atoms with Gasteiger partial charge in [-0.05, 0) is 29.2 Å². The zero-order chi connectivity index (χ0) is 17.6. The van der Waals surface area contributed by atoms with Gasteiger partial charge in [0.15, 0.2) is 0 Å². The molecule has 0 saturated heterocycles. The molecule has 0 radical (unpaired) electrons. The molecule has 0 aromatic heterocycles. The summed E-state index contributed by atoms with van der Waals surface area (Å²) in [6, 6.07) is 17.2. The minimum Gasteiger partial charge on any atom is -0.388 e. The molecule has 0 aliphatic rings. The van der Waals surface area contributed by atoms with Crippen molar-refractivity contribution in [3.8, 4) is 0 Å². The Balaban J connectivity index is 2.19. The molecule has 130 valence electrons. The molecule has 1 N–H and O–H groups in total. The third-order valence-electron chi connectivity index (χ3n) is 3.76. The Labute approximate surface area is 145 Å². The lowest BCUT2D eigenvalue weighted by atomic mass is 10.2. The first-order valence-electron chi connectivity index (χ1n) is 8.19. The second-order valence-electron chi connectivity index (χ2n) is 6.38. The van der Waals surface area contributed by atoms with Gasteiger partial charge in [-0.2, -0.15) is 4.31 Å². The molecule has 24 heavy (non-hydrogen) atoms. The van der Waals surface area contributed by atoms with Crippen LogP contribution in [0.4, 0.5) is 5.69 Å². The van der Waals surface area contributed by atoms with Crippen LogP contribution >= 0.6 is 0 Å². The number of sulfonamides is 1. The van der Waals surface area contributed by atoms with E-state index in [1.54, 1.807) is 4.31 Å². The van der Waals surface area contributed by atoms with Crippen molar-refractivity contribution in [1.82, 2.24) is 4.31 Å². The molecule has 0 amide bonds. The number of nitrogens with zero attached hydrogens (tertiary/aromatic N) is 1. The highest BCUT2D eigenvalue weighted by Gasteiger charge is 2.23. The molecular formula is C19H26N2O2S. The fourth-order valence-electron chi connectivity index (χ4n) is 2.54. The zero-order valence-electron chi connectivity index (χ0n) is 14.6. The lowest BCUT2D eigenvalue weighted by Gasteiger charge is -2.24. The van der Waals surface area contributed by atoms with E-state index in [2.05, 4.69) is 5.32 Å². The molecule has 0 fully saturated rings. The fraction of sp³-hybridized carbons (Fsp3) is 0.368. The van der Waals surface area contributed by atoms with E-state index in [0.717, 1.165) is 16.8 Å². The van der Waals surface area contributed by atoms with Crippen LogP contribution in [0.15, 0.2) is 54.6 Å². The quantitative estimate of drug-likeness (QED) is 0.792. The number of rotatable bonds is 8. The van der Waals surface area contributed by atoms with E-state index in [0.29, 0.717) is 13.1 Å². The summed E-state index contributed by atoms with van der Waals surface area (Å²) in [5, 5.41) is 3.07. The van der Waals surface area contributed by atoms with Crippen LogP contribution in [-0.4, -0.2) is 26.3 Å². The summed E-state index contributed by atoms with van der Waals surface area (Å²) in [6.07, 6.45) is 0. The van der Waals surface area contributed by atoms with Crippen molar-refractivity contribution < 1.29 is 8.42 Å². The van der Waals surface area contributed by atoms with Crippen LogP contribution in [0, 0.1) is 5.92 Å². The van der Waals surface area contributed by atoms with Crippen LogP contribution in [0.5, 0.6) is 0 Å². The van der Waals surface area contributed by atoms with Gasteiger partial charge in [-0.15, -0.1) is 0 Å². The van der Waals surface area contributed by atoms with Gasteiger partial charge in [0.05, 0.1) is 5.75 Å². The monoisotopic (exact) mass is 346 g/mol. The van der Waals surface area contributed by atoms with Crippen molar-refractivity contribution >= 4 is 15.7 Å². The second-order valence-corrected chi connectivity index (χ2v) is 8.34. The van der Waals surface area contributed by atoms with Crippen LogP contribution in [0.2, 0.25) is 0 Å². The maximum atomic E-state index is 12.9. The number of benzene rings is 2. The third kappa shape index (κ3) is 5.35. The Morgan fingerprint density at radius 3 is 2.12 bits per heavy atom. The minimum atomic E-state index is -3.37. The molecular weight excluding hydrogens is 320 g/mol. The van der Waals surface area contributed by atoms with E-state index in [9.17, 15) is 8.42 Å². The summed E-state index contributed by atoms with van der Waals surface area (Å²) in [5.41, 5.74) is 2.82. The van der Waals surface area contributed by atoms with E-state index in [1.807, 2.05) is 75.5 Å². The largest absolute Gasteiger partial charge is 0.388 e. The molecule has 0 bridgehead atoms. The van der Waals surface area contributed by atoms with Gasteiger partial charge in [-0.3, -0.25) is 0 Å². The predicted octanol–water partition coefficient (Wildman–Crippen LogP) is 3.72. The topological polar surface area (TPSA) is 49.4 Å². The minimum absolute atomic E-state index is 0.0369. The van der Waals surface area contributed by atoms with Gasteiger partial charge >= 0.3 is 0 Å². The maximum Gasteiger partial charge on any atom is 0.218 e. The maximum absolute atomic E-state index is 12.9. The van der Waals surface area contributed by atoms with E-state index in [1.165, 1.54) is 0 Å². The third-order valence-corrected chi connectivity index (χ3v) is 5.52. The number of anilines is 1. The molecule has 2 aromatic rings. The highest BCUT2D eigenvalue weighted by molar-refractivity contribution is 7.88. The molecule has 0 aliphatic carbocycles. The molecule has 0 unspecified atom stereocenters. The molecule has 5 heteroatoms. The standard InChI is InChI=1S/C19H26N2O2S/c1-16(2)13-21(14-17-9-11-19(20-3)12-10-17)24(22,23)15-18-7-5-4-6-8-18/h4-12,16,20H,13-15H2,1-3H3. The first-order valence-corrected chi connectivity index (χ1v) is 9.80. The molecule has 2 rings (SSSR count). The Kier molecular flexibility index (Phi) is 6.40. The molecule has 0 atom stereocenters. The van der Waals surface area contributed by atoms with Gasteiger partial charge in [0, 0.05) is 25.8 Å². The smallest absolute Gasteiger partial charge is 0.218 e.